The molecule has 0 amide bonds. The smallest absolute Gasteiger partial charge is 0.0243 e. The van der Waals surface area contributed by atoms with Crippen molar-refractivity contribution in [2.24, 2.45) is 11.8 Å². The summed E-state index contributed by atoms with van der Waals surface area (Å²) in [5, 5.41) is 0. The van der Waals surface area contributed by atoms with Gasteiger partial charge in [0, 0.05) is 11.8 Å². The number of hydrogen-bond donors (Lipinski definition) is 0. The molecule has 0 N–H and O–H groups in total. The summed E-state index contributed by atoms with van der Waals surface area (Å²) in [5.41, 5.74) is 9.09. The van der Waals surface area contributed by atoms with Crippen molar-refractivity contribution in [3.63, 3.8) is 0 Å². The van der Waals surface area contributed by atoms with E-state index in [1.807, 2.05) is 0 Å². The normalized spacial score (nSPS) is 29.5. The molecule has 3 aliphatic carbocycles. The summed E-state index contributed by atoms with van der Waals surface area (Å²) in [5.74, 6) is 1.16. The van der Waals surface area contributed by atoms with E-state index in [9.17, 15) is 0 Å². The van der Waals surface area contributed by atoms with Gasteiger partial charge in [-0.2, -0.15) is 0 Å². The Labute approximate surface area is 97.7 Å². The van der Waals surface area contributed by atoms with Crippen LogP contribution in [-0.4, -0.2) is 0 Å². The molecule has 82 valence electrons. The van der Waals surface area contributed by atoms with Crippen LogP contribution < -0.4 is 0 Å². The van der Waals surface area contributed by atoms with Crippen LogP contribution in [0.4, 0.5) is 0 Å². The Bertz CT molecular complexity index is 476. The van der Waals surface area contributed by atoms with Crippen molar-refractivity contribution in [1.29, 1.82) is 0 Å². The molecule has 0 saturated heterocycles. The highest BCUT2D eigenvalue weighted by Crippen LogP contribution is 2.55. The van der Waals surface area contributed by atoms with Crippen molar-refractivity contribution < 1.29 is 0 Å². The average molecular weight is 210 g/mol. The SMILES string of the molecule is CC(C)=C1C=C2C(=C1)C1C=CC2C1=C(C)C. The van der Waals surface area contributed by atoms with Crippen LogP contribution in [-0.2, 0) is 0 Å². The minimum absolute atomic E-state index is 0.582. The van der Waals surface area contributed by atoms with Crippen LogP contribution in [0.15, 0.2) is 57.7 Å². The largest absolute Gasteiger partial charge is 0.0760 e. The molecule has 0 aliphatic heterocycles. The van der Waals surface area contributed by atoms with Gasteiger partial charge < -0.3 is 0 Å². The highest BCUT2D eigenvalue weighted by atomic mass is 14.5. The predicted molar refractivity (Wildman–Crippen MR) is 69.0 cm³/mol. The van der Waals surface area contributed by atoms with E-state index in [-0.39, 0.29) is 0 Å². The first kappa shape index (κ1) is 9.89. The molecule has 0 aromatic carbocycles. The van der Waals surface area contributed by atoms with Crippen molar-refractivity contribution in [3.05, 3.63) is 57.7 Å². The minimum atomic E-state index is 0.582. The highest BCUT2D eigenvalue weighted by molar-refractivity contribution is 5.68. The Morgan fingerprint density at radius 1 is 0.812 bits per heavy atom. The molecule has 1 saturated carbocycles. The zero-order chi connectivity index (χ0) is 11.4. The Morgan fingerprint density at radius 2 is 1.31 bits per heavy atom. The second-order valence-corrected chi connectivity index (χ2v) is 5.45. The third-order valence-electron chi connectivity index (χ3n) is 3.95. The molecule has 0 aromatic rings. The lowest BCUT2D eigenvalue weighted by Crippen LogP contribution is -1.95. The van der Waals surface area contributed by atoms with Crippen molar-refractivity contribution in [3.8, 4) is 0 Å². The summed E-state index contributed by atoms with van der Waals surface area (Å²) in [4.78, 5) is 0. The van der Waals surface area contributed by atoms with E-state index < -0.39 is 0 Å². The van der Waals surface area contributed by atoms with E-state index in [0.717, 1.165) is 0 Å². The van der Waals surface area contributed by atoms with Gasteiger partial charge in [0.1, 0.15) is 0 Å². The summed E-state index contributed by atoms with van der Waals surface area (Å²) < 4.78 is 0. The zero-order valence-corrected chi connectivity index (χ0v) is 10.5. The zero-order valence-electron chi connectivity index (χ0n) is 10.5. The lowest BCUT2D eigenvalue weighted by Gasteiger charge is -2.07. The molecule has 0 heterocycles. The molecule has 0 aromatic heterocycles. The standard InChI is InChI=1S/C16H18/c1-9(2)11-7-14-12-5-6-13(15(14)8-11)16(12)10(3)4/h5-8,12-13H,1-4H3. The van der Waals surface area contributed by atoms with Gasteiger partial charge in [-0.15, -0.1) is 0 Å². The molecule has 0 heteroatoms. The van der Waals surface area contributed by atoms with Gasteiger partial charge in [-0.1, -0.05) is 35.5 Å². The van der Waals surface area contributed by atoms with Crippen LogP contribution in [0.1, 0.15) is 27.7 Å². The fourth-order valence-electron chi connectivity index (χ4n) is 3.16. The highest BCUT2D eigenvalue weighted by Gasteiger charge is 2.42. The Morgan fingerprint density at radius 3 is 1.69 bits per heavy atom. The summed E-state index contributed by atoms with van der Waals surface area (Å²) in [6, 6.07) is 0. The summed E-state index contributed by atoms with van der Waals surface area (Å²) in [7, 11) is 0. The lowest BCUT2D eigenvalue weighted by molar-refractivity contribution is 0.924. The third-order valence-corrected chi connectivity index (χ3v) is 3.95. The number of hydrogen-bond acceptors (Lipinski definition) is 0. The van der Waals surface area contributed by atoms with Crippen LogP contribution in [0.25, 0.3) is 0 Å². The molecule has 1 fully saturated rings. The number of allylic oxidation sites excluding steroid dienone is 10. The maximum Gasteiger partial charge on any atom is 0.0243 e. The van der Waals surface area contributed by atoms with Gasteiger partial charge in [0.25, 0.3) is 0 Å². The number of rotatable bonds is 0. The quantitative estimate of drug-likeness (QED) is 0.522. The molecule has 0 radical (unpaired) electrons. The van der Waals surface area contributed by atoms with E-state index >= 15 is 0 Å². The molecule has 0 nitrogen and oxygen atoms in total. The maximum atomic E-state index is 2.39. The Hall–Kier alpha value is -1.30. The van der Waals surface area contributed by atoms with Crippen molar-refractivity contribution in [2.45, 2.75) is 27.7 Å². The fourth-order valence-corrected chi connectivity index (χ4v) is 3.16. The molecular weight excluding hydrogens is 192 g/mol. The lowest BCUT2D eigenvalue weighted by atomic mass is 9.97. The molecule has 2 bridgehead atoms. The van der Waals surface area contributed by atoms with Gasteiger partial charge in [0.05, 0.1) is 0 Å². The third kappa shape index (κ3) is 1.10. The number of fused-ring (bicyclic) bond motifs is 5. The van der Waals surface area contributed by atoms with E-state index in [2.05, 4.69) is 52.0 Å². The summed E-state index contributed by atoms with van der Waals surface area (Å²) in [6.45, 7) is 8.88. The molecule has 3 rings (SSSR count). The second kappa shape index (κ2) is 3.10. The van der Waals surface area contributed by atoms with Crippen LogP contribution in [0.2, 0.25) is 0 Å². The molecule has 2 unspecified atom stereocenters. The van der Waals surface area contributed by atoms with E-state index in [1.54, 1.807) is 16.7 Å². The molecule has 16 heavy (non-hydrogen) atoms. The minimum Gasteiger partial charge on any atom is -0.0760 e. The van der Waals surface area contributed by atoms with Gasteiger partial charge in [0.15, 0.2) is 0 Å². The van der Waals surface area contributed by atoms with Gasteiger partial charge in [-0.05, 0) is 50.0 Å². The van der Waals surface area contributed by atoms with E-state index in [0.29, 0.717) is 11.8 Å². The monoisotopic (exact) mass is 210 g/mol. The Kier molecular flexibility index (Phi) is 1.92. The molecule has 3 aliphatic rings. The molecule has 2 atom stereocenters. The van der Waals surface area contributed by atoms with Crippen LogP contribution in [0, 0.1) is 11.8 Å². The first-order valence-electron chi connectivity index (χ1n) is 6.06. The first-order chi connectivity index (χ1) is 7.59. The average Bonchev–Trinajstić information content (AvgIpc) is 2.86. The topological polar surface area (TPSA) is 0 Å². The van der Waals surface area contributed by atoms with Gasteiger partial charge in [-0.25, -0.2) is 0 Å². The summed E-state index contributed by atoms with van der Waals surface area (Å²) in [6.07, 6.45) is 9.54. The molecular formula is C16H18. The van der Waals surface area contributed by atoms with E-state index in [4.69, 9.17) is 0 Å². The van der Waals surface area contributed by atoms with Gasteiger partial charge in [-0.3, -0.25) is 0 Å². The van der Waals surface area contributed by atoms with Crippen LogP contribution in [0.5, 0.6) is 0 Å². The maximum absolute atomic E-state index is 2.39. The van der Waals surface area contributed by atoms with Crippen molar-refractivity contribution >= 4 is 0 Å². The fraction of sp³-hybridized carbons (Fsp3) is 0.375. The summed E-state index contributed by atoms with van der Waals surface area (Å²) >= 11 is 0. The van der Waals surface area contributed by atoms with Crippen molar-refractivity contribution in [2.75, 3.05) is 0 Å². The van der Waals surface area contributed by atoms with Crippen LogP contribution >= 0.6 is 0 Å². The second-order valence-electron chi connectivity index (χ2n) is 5.45. The Balaban J connectivity index is 2.16. The van der Waals surface area contributed by atoms with Gasteiger partial charge in [0.2, 0.25) is 0 Å². The van der Waals surface area contributed by atoms with Crippen LogP contribution in [0.3, 0.4) is 0 Å². The van der Waals surface area contributed by atoms with Gasteiger partial charge >= 0.3 is 0 Å². The van der Waals surface area contributed by atoms with Crippen molar-refractivity contribution in [1.82, 2.24) is 0 Å². The first-order valence-corrected chi connectivity index (χ1v) is 6.06. The molecule has 0 spiro atoms. The van der Waals surface area contributed by atoms with E-state index in [1.165, 1.54) is 16.7 Å². The predicted octanol–water partition coefficient (Wildman–Crippen LogP) is 4.34.